The molecule has 0 saturated carbocycles. The summed E-state index contributed by atoms with van der Waals surface area (Å²) in [6.07, 6.45) is 8.97. The fourth-order valence-corrected chi connectivity index (χ4v) is 5.48. The fraction of sp³-hybridized carbons (Fsp3) is 0.407. The van der Waals surface area contributed by atoms with Crippen LogP contribution in [0.25, 0.3) is 27.7 Å². The van der Waals surface area contributed by atoms with E-state index in [0.29, 0.717) is 17.4 Å². The zero-order chi connectivity index (χ0) is 23.8. The Balaban J connectivity index is 1.41. The smallest absolute Gasteiger partial charge is 0.239 e. The lowest BCUT2D eigenvalue weighted by molar-refractivity contribution is -0.134. The molecular weight excluding hydrogens is 431 g/mol. The minimum Gasteiger partial charge on any atom is -0.496 e. The van der Waals surface area contributed by atoms with Crippen LogP contribution in [0.15, 0.2) is 42.6 Å². The first-order valence-corrected chi connectivity index (χ1v) is 11.9. The Hall–Kier alpha value is -3.19. The number of carbonyl (C=O) groups is 1. The fourth-order valence-electron chi connectivity index (χ4n) is 5.48. The molecule has 0 radical (unpaired) electrons. The third kappa shape index (κ3) is 4.09. The van der Waals surface area contributed by atoms with Gasteiger partial charge in [0.15, 0.2) is 0 Å². The number of hydrogen-bond donors (Lipinski definition) is 1. The Morgan fingerprint density at radius 3 is 2.79 bits per heavy atom. The molecule has 2 atom stereocenters. The number of likely N-dealkylation sites (N-methyl/N-ethyl adjacent to an activating group) is 1. The highest BCUT2D eigenvalue weighted by molar-refractivity contribution is 5.96. The summed E-state index contributed by atoms with van der Waals surface area (Å²) < 4.78 is 19.5. The number of ether oxygens (including phenoxy) is 1. The number of rotatable bonds is 5. The van der Waals surface area contributed by atoms with E-state index in [1.54, 1.807) is 24.3 Å². The maximum absolute atomic E-state index is 14.0. The van der Waals surface area contributed by atoms with Crippen molar-refractivity contribution in [2.45, 2.75) is 44.2 Å². The second kappa shape index (κ2) is 9.22. The van der Waals surface area contributed by atoms with Crippen LogP contribution in [-0.2, 0) is 4.79 Å². The molecule has 1 aliphatic carbocycles. The van der Waals surface area contributed by atoms with Gasteiger partial charge in [-0.1, -0.05) is 6.08 Å². The number of aromatic nitrogens is 2. The van der Waals surface area contributed by atoms with E-state index in [0.717, 1.165) is 60.9 Å². The number of nitrogens with zero attached hydrogens (tertiary/aromatic N) is 3. The van der Waals surface area contributed by atoms with E-state index in [1.807, 2.05) is 20.2 Å². The molecule has 1 N–H and O–H groups in total. The van der Waals surface area contributed by atoms with Crippen molar-refractivity contribution >= 4 is 22.5 Å². The zero-order valence-electron chi connectivity index (χ0n) is 20.0. The number of carbonyl (C=O) groups excluding carboxylic acids is 1. The van der Waals surface area contributed by atoms with Gasteiger partial charge in [-0.25, -0.2) is 9.37 Å². The number of benzene rings is 1. The highest BCUT2D eigenvalue weighted by Crippen LogP contribution is 2.38. The van der Waals surface area contributed by atoms with Crippen LogP contribution in [-0.4, -0.2) is 65.5 Å². The van der Waals surface area contributed by atoms with Gasteiger partial charge in [-0.05, 0) is 80.1 Å². The molecule has 1 unspecified atom stereocenters. The molecule has 178 valence electrons. The van der Waals surface area contributed by atoms with Crippen molar-refractivity contribution in [1.82, 2.24) is 19.8 Å². The summed E-state index contributed by atoms with van der Waals surface area (Å²) in [4.78, 5) is 24.7. The number of pyridine rings is 1. The molecule has 1 amide bonds. The molecule has 1 aliphatic heterocycles. The molecule has 6 nitrogen and oxygen atoms in total. The number of H-pyrrole nitrogens is 1. The number of hydrogen-bond acceptors (Lipinski definition) is 4. The van der Waals surface area contributed by atoms with E-state index in [9.17, 15) is 9.18 Å². The molecule has 2 aromatic heterocycles. The Morgan fingerprint density at radius 2 is 2.06 bits per heavy atom. The minimum absolute atomic E-state index is 0.0102. The molecule has 3 heterocycles. The maximum atomic E-state index is 14.0. The van der Waals surface area contributed by atoms with Gasteiger partial charge in [0.1, 0.15) is 17.2 Å². The molecule has 0 spiro atoms. The van der Waals surface area contributed by atoms with E-state index in [-0.39, 0.29) is 17.8 Å². The number of halogens is 1. The van der Waals surface area contributed by atoms with Crippen LogP contribution in [0.2, 0.25) is 0 Å². The SMILES string of the molecule is COc1ccc(F)cc1-c1ccnc2[nH]c(C3=CCC(N4CCC[C@H]4C(=O)N(C)C)CC3)cc12. The summed E-state index contributed by atoms with van der Waals surface area (Å²) >= 11 is 0. The summed E-state index contributed by atoms with van der Waals surface area (Å²) in [6.45, 7) is 0.993. The lowest BCUT2D eigenvalue weighted by atomic mass is 9.91. The quantitative estimate of drug-likeness (QED) is 0.588. The number of methoxy groups -OCH3 is 1. The predicted molar refractivity (Wildman–Crippen MR) is 132 cm³/mol. The van der Waals surface area contributed by atoms with Gasteiger partial charge in [0.25, 0.3) is 0 Å². The second-order valence-corrected chi connectivity index (χ2v) is 9.43. The topological polar surface area (TPSA) is 61.5 Å². The van der Waals surface area contributed by atoms with Crippen LogP contribution in [0.4, 0.5) is 4.39 Å². The number of allylic oxidation sites excluding steroid dienone is 1. The zero-order valence-corrected chi connectivity index (χ0v) is 20.0. The Kier molecular flexibility index (Phi) is 6.13. The molecule has 2 aliphatic rings. The summed E-state index contributed by atoms with van der Waals surface area (Å²) in [7, 11) is 5.28. The Labute approximate surface area is 199 Å². The number of amides is 1. The average molecular weight is 463 g/mol. The Bertz CT molecular complexity index is 1250. The summed E-state index contributed by atoms with van der Waals surface area (Å²) in [5.74, 6) is 0.545. The van der Waals surface area contributed by atoms with Crippen LogP contribution in [0.5, 0.6) is 5.75 Å². The average Bonchev–Trinajstić information content (AvgIpc) is 3.51. The first-order valence-electron chi connectivity index (χ1n) is 11.9. The normalized spacial score (nSPS) is 21.0. The Morgan fingerprint density at radius 1 is 1.21 bits per heavy atom. The highest BCUT2D eigenvalue weighted by Gasteiger charge is 2.36. The monoisotopic (exact) mass is 462 g/mol. The minimum atomic E-state index is -0.300. The summed E-state index contributed by atoms with van der Waals surface area (Å²) in [6, 6.07) is 8.99. The predicted octanol–water partition coefficient (Wildman–Crippen LogP) is 4.87. The molecule has 7 heteroatoms. The lowest BCUT2D eigenvalue weighted by Crippen LogP contribution is -2.47. The van der Waals surface area contributed by atoms with Gasteiger partial charge in [-0.3, -0.25) is 9.69 Å². The van der Waals surface area contributed by atoms with E-state index in [1.165, 1.54) is 17.7 Å². The largest absolute Gasteiger partial charge is 0.496 e. The van der Waals surface area contributed by atoms with Gasteiger partial charge in [0, 0.05) is 43.0 Å². The molecule has 3 aromatic rings. The van der Waals surface area contributed by atoms with Crippen molar-refractivity contribution in [1.29, 1.82) is 0 Å². The molecule has 5 rings (SSSR count). The number of fused-ring (bicyclic) bond motifs is 1. The van der Waals surface area contributed by atoms with Crippen LogP contribution in [0, 0.1) is 5.82 Å². The van der Waals surface area contributed by atoms with E-state index in [4.69, 9.17) is 4.74 Å². The van der Waals surface area contributed by atoms with Crippen molar-refractivity contribution in [2.75, 3.05) is 27.7 Å². The number of aromatic amines is 1. The molecule has 1 fully saturated rings. The van der Waals surface area contributed by atoms with Crippen LogP contribution < -0.4 is 4.74 Å². The van der Waals surface area contributed by atoms with Crippen molar-refractivity contribution in [3.05, 3.63) is 54.1 Å². The molecular formula is C27H31FN4O2. The van der Waals surface area contributed by atoms with Crippen LogP contribution in [0.1, 0.15) is 37.8 Å². The molecule has 1 aromatic carbocycles. The van der Waals surface area contributed by atoms with Crippen LogP contribution in [0.3, 0.4) is 0 Å². The summed E-state index contributed by atoms with van der Waals surface area (Å²) in [5.41, 5.74) is 4.69. The molecule has 0 bridgehead atoms. The third-order valence-electron chi connectivity index (χ3n) is 7.20. The standard InChI is InChI=1S/C27H31FN4O2/c1-31(2)27(33)24-5-4-14-32(24)19-9-6-17(7-10-19)23-16-22-20(12-13-29-26(22)30-23)21-15-18(28)8-11-25(21)34-3/h6,8,11-13,15-16,19,24H,4-5,7,9-10,14H2,1-3H3,(H,29,30)/t19?,24-/m0/s1. The number of likely N-dealkylation sites (tertiary alicyclic amines) is 1. The van der Waals surface area contributed by atoms with Crippen molar-refractivity contribution in [3.8, 4) is 16.9 Å². The van der Waals surface area contributed by atoms with Gasteiger partial charge in [-0.15, -0.1) is 0 Å². The van der Waals surface area contributed by atoms with E-state index in [2.05, 4.69) is 27.0 Å². The first-order chi connectivity index (χ1) is 16.5. The van der Waals surface area contributed by atoms with Crippen LogP contribution >= 0.6 is 0 Å². The van der Waals surface area contributed by atoms with Crippen molar-refractivity contribution in [2.24, 2.45) is 0 Å². The molecule has 1 saturated heterocycles. The highest BCUT2D eigenvalue weighted by atomic mass is 19.1. The van der Waals surface area contributed by atoms with Crippen molar-refractivity contribution in [3.63, 3.8) is 0 Å². The van der Waals surface area contributed by atoms with Gasteiger partial charge in [0.05, 0.1) is 13.2 Å². The van der Waals surface area contributed by atoms with Gasteiger partial charge < -0.3 is 14.6 Å². The summed E-state index contributed by atoms with van der Waals surface area (Å²) in [5, 5.41) is 0.945. The van der Waals surface area contributed by atoms with Gasteiger partial charge in [0.2, 0.25) is 5.91 Å². The number of nitrogens with one attached hydrogen (secondary N) is 1. The molecule has 34 heavy (non-hydrogen) atoms. The second-order valence-electron chi connectivity index (χ2n) is 9.43. The van der Waals surface area contributed by atoms with Gasteiger partial charge >= 0.3 is 0 Å². The third-order valence-corrected chi connectivity index (χ3v) is 7.20. The van der Waals surface area contributed by atoms with Gasteiger partial charge in [-0.2, -0.15) is 0 Å². The van der Waals surface area contributed by atoms with E-state index < -0.39 is 0 Å². The lowest BCUT2D eigenvalue weighted by Gasteiger charge is -2.35. The van der Waals surface area contributed by atoms with E-state index >= 15 is 0 Å². The first kappa shape index (κ1) is 22.6. The maximum Gasteiger partial charge on any atom is 0.239 e. The van der Waals surface area contributed by atoms with Crippen molar-refractivity contribution < 1.29 is 13.9 Å².